The van der Waals surface area contributed by atoms with Gasteiger partial charge in [-0.15, -0.1) is 10.2 Å². The lowest BCUT2D eigenvalue weighted by Gasteiger charge is -2.20. The van der Waals surface area contributed by atoms with E-state index in [-0.39, 0.29) is 5.41 Å². The minimum Gasteiger partial charge on any atom is -0.495 e. The second kappa shape index (κ2) is 4.61. The number of rotatable bonds is 2. The summed E-state index contributed by atoms with van der Waals surface area (Å²) in [5.41, 5.74) is 0.695. The first-order valence-corrected chi connectivity index (χ1v) is 6.07. The van der Waals surface area contributed by atoms with Crippen LogP contribution in [0.25, 0.3) is 5.69 Å². The number of ether oxygens (including phenoxy) is 1. The Balaban J connectivity index is 2.67. The highest BCUT2D eigenvalue weighted by Crippen LogP contribution is 2.30. The quantitative estimate of drug-likeness (QED) is 0.837. The van der Waals surface area contributed by atoms with Gasteiger partial charge in [0, 0.05) is 5.41 Å². The molecule has 1 aromatic carbocycles. The fraction of sp³-hybridized carbons (Fsp3) is 0.385. The molecule has 0 amide bonds. The van der Waals surface area contributed by atoms with Crippen molar-refractivity contribution in [2.24, 2.45) is 0 Å². The van der Waals surface area contributed by atoms with Crippen molar-refractivity contribution in [1.29, 1.82) is 0 Å². The van der Waals surface area contributed by atoms with E-state index in [1.165, 1.54) is 0 Å². The van der Waals surface area contributed by atoms with E-state index in [1.54, 1.807) is 7.11 Å². The molecule has 0 radical (unpaired) electrons. The molecule has 4 nitrogen and oxygen atoms in total. The van der Waals surface area contributed by atoms with Crippen LogP contribution in [0.3, 0.4) is 0 Å². The fourth-order valence-corrected chi connectivity index (χ4v) is 1.99. The molecule has 0 atom stereocenters. The van der Waals surface area contributed by atoms with Crippen molar-refractivity contribution in [2.45, 2.75) is 26.2 Å². The Kier molecular flexibility index (Phi) is 3.30. The smallest absolute Gasteiger partial charge is 0.229 e. The molecule has 18 heavy (non-hydrogen) atoms. The van der Waals surface area contributed by atoms with Gasteiger partial charge in [0.15, 0.2) is 0 Å². The molecular weight excluding hydrogens is 250 g/mol. The predicted octanol–water partition coefficient (Wildman–Crippen LogP) is 3.23. The van der Waals surface area contributed by atoms with E-state index < -0.39 is 0 Å². The summed E-state index contributed by atoms with van der Waals surface area (Å²) in [5, 5.41) is 8.46. The highest BCUT2D eigenvalue weighted by atomic mass is 35.5. The molecule has 1 heterocycles. The van der Waals surface area contributed by atoms with E-state index in [2.05, 4.69) is 31.0 Å². The summed E-state index contributed by atoms with van der Waals surface area (Å²) in [6, 6.07) is 7.67. The number of benzene rings is 1. The van der Waals surface area contributed by atoms with Crippen LogP contribution >= 0.6 is 11.6 Å². The van der Waals surface area contributed by atoms with Crippen molar-refractivity contribution in [2.75, 3.05) is 7.11 Å². The second-order valence-corrected chi connectivity index (χ2v) is 5.39. The maximum Gasteiger partial charge on any atom is 0.229 e. The van der Waals surface area contributed by atoms with Gasteiger partial charge in [-0.1, -0.05) is 32.9 Å². The number of aromatic nitrogens is 3. The van der Waals surface area contributed by atoms with E-state index in [9.17, 15) is 0 Å². The van der Waals surface area contributed by atoms with Crippen molar-refractivity contribution in [3.63, 3.8) is 0 Å². The van der Waals surface area contributed by atoms with Gasteiger partial charge in [-0.2, -0.15) is 0 Å². The second-order valence-electron chi connectivity index (χ2n) is 5.05. The van der Waals surface area contributed by atoms with Crippen LogP contribution in [0.5, 0.6) is 5.75 Å². The summed E-state index contributed by atoms with van der Waals surface area (Å²) < 4.78 is 7.18. The van der Waals surface area contributed by atoms with Crippen LogP contribution in [0.15, 0.2) is 24.3 Å². The van der Waals surface area contributed by atoms with Crippen molar-refractivity contribution < 1.29 is 4.74 Å². The average molecular weight is 266 g/mol. The Morgan fingerprint density at radius 2 is 1.83 bits per heavy atom. The minimum absolute atomic E-state index is 0.152. The van der Waals surface area contributed by atoms with Gasteiger partial charge >= 0.3 is 0 Å². The number of para-hydroxylation sites is 2. The monoisotopic (exact) mass is 265 g/mol. The van der Waals surface area contributed by atoms with Gasteiger partial charge in [-0.3, -0.25) is 4.57 Å². The van der Waals surface area contributed by atoms with E-state index in [4.69, 9.17) is 16.3 Å². The van der Waals surface area contributed by atoms with Gasteiger partial charge in [-0.05, 0) is 23.7 Å². The van der Waals surface area contributed by atoms with E-state index >= 15 is 0 Å². The normalized spacial score (nSPS) is 11.6. The van der Waals surface area contributed by atoms with Crippen molar-refractivity contribution >= 4 is 11.6 Å². The predicted molar refractivity (Wildman–Crippen MR) is 71.6 cm³/mol. The Bertz CT molecular complexity index is 558. The molecule has 0 N–H and O–H groups in total. The van der Waals surface area contributed by atoms with Crippen molar-refractivity contribution in [3.8, 4) is 11.4 Å². The third-order valence-corrected chi connectivity index (χ3v) is 2.87. The maximum absolute atomic E-state index is 6.15. The van der Waals surface area contributed by atoms with Gasteiger partial charge in [0.25, 0.3) is 0 Å². The minimum atomic E-state index is -0.152. The van der Waals surface area contributed by atoms with Crippen LogP contribution in [0.2, 0.25) is 5.28 Å². The lowest BCUT2D eigenvalue weighted by molar-refractivity contribution is 0.411. The molecular formula is C13H16ClN3O. The van der Waals surface area contributed by atoms with Gasteiger partial charge in [-0.25, -0.2) is 0 Å². The maximum atomic E-state index is 6.15. The van der Waals surface area contributed by atoms with Crippen LogP contribution in [-0.2, 0) is 5.41 Å². The number of hydrogen-bond acceptors (Lipinski definition) is 3. The Hall–Kier alpha value is -1.55. The zero-order chi connectivity index (χ0) is 13.3. The molecule has 0 bridgehead atoms. The molecule has 0 aliphatic heterocycles. The van der Waals surface area contributed by atoms with Gasteiger partial charge in [0.05, 0.1) is 12.8 Å². The summed E-state index contributed by atoms with van der Waals surface area (Å²) in [4.78, 5) is 0. The lowest BCUT2D eigenvalue weighted by Crippen LogP contribution is -2.18. The number of nitrogens with zero attached hydrogens (tertiary/aromatic N) is 3. The molecule has 1 aromatic heterocycles. The van der Waals surface area contributed by atoms with Gasteiger partial charge in [0.1, 0.15) is 11.6 Å². The van der Waals surface area contributed by atoms with Crippen LogP contribution < -0.4 is 4.74 Å². The zero-order valence-electron chi connectivity index (χ0n) is 10.9. The highest BCUT2D eigenvalue weighted by molar-refractivity contribution is 6.28. The summed E-state index contributed by atoms with van der Waals surface area (Å²) >= 11 is 6.15. The molecule has 2 aromatic rings. The number of methoxy groups -OCH3 is 1. The molecule has 0 aliphatic rings. The van der Waals surface area contributed by atoms with Crippen LogP contribution in [-0.4, -0.2) is 21.9 Å². The molecule has 0 spiro atoms. The van der Waals surface area contributed by atoms with Crippen LogP contribution in [0.1, 0.15) is 26.6 Å². The SMILES string of the molecule is COc1ccccc1-n1c(Cl)nnc1C(C)(C)C. The first-order valence-electron chi connectivity index (χ1n) is 5.70. The van der Waals surface area contributed by atoms with Gasteiger partial charge in [0.2, 0.25) is 5.28 Å². The Labute approximate surface area is 112 Å². The van der Waals surface area contributed by atoms with Crippen molar-refractivity contribution in [1.82, 2.24) is 14.8 Å². The number of halogens is 1. The third-order valence-electron chi connectivity index (χ3n) is 2.62. The number of hydrogen-bond donors (Lipinski definition) is 0. The Morgan fingerprint density at radius 1 is 1.17 bits per heavy atom. The van der Waals surface area contributed by atoms with Gasteiger partial charge < -0.3 is 4.74 Å². The average Bonchev–Trinajstić information content (AvgIpc) is 2.70. The zero-order valence-corrected chi connectivity index (χ0v) is 11.7. The molecule has 5 heteroatoms. The fourth-order valence-electron chi connectivity index (χ4n) is 1.78. The Morgan fingerprint density at radius 3 is 2.44 bits per heavy atom. The first kappa shape index (κ1) is 12.9. The molecule has 2 rings (SSSR count). The highest BCUT2D eigenvalue weighted by Gasteiger charge is 2.25. The van der Waals surface area contributed by atoms with Crippen LogP contribution in [0, 0.1) is 0 Å². The lowest BCUT2D eigenvalue weighted by atomic mass is 9.95. The van der Waals surface area contributed by atoms with Crippen LogP contribution in [0.4, 0.5) is 0 Å². The van der Waals surface area contributed by atoms with E-state index in [1.807, 2.05) is 28.8 Å². The molecule has 0 fully saturated rings. The third kappa shape index (κ3) is 2.20. The summed E-state index contributed by atoms with van der Waals surface area (Å²) in [6.07, 6.45) is 0. The standard InChI is InChI=1S/C13H16ClN3O/c1-13(2,3)11-15-16-12(14)17(11)9-7-5-6-8-10(9)18-4/h5-8H,1-4H3. The molecule has 0 aliphatic carbocycles. The molecule has 0 saturated carbocycles. The largest absolute Gasteiger partial charge is 0.495 e. The summed E-state index contributed by atoms with van der Waals surface area (Å²) in [7, 11) is 1.63. The van der Waals surface area contributed by atoms with E-state index in [0.717, 1.165) is 17.3 Å². The molecule has 0 saturated heterocycles. The first-order chi connectivity index (χ1) is 8.45. The van der Waals surface area contributed by atoms with Crippen molar-refractivity contribution in [3.05, 3.63) is 35.4 Å². The topological polar surface area (TPSA) is 39.9 Å². The summed E-state index contributed by atoms with van der Waals surface area (Å²) in [5.74, 6) is 1.54. The van der Waals surface area contributed by atoms with E-state index in [0.29, 0.717) is 5.28 Å². The molecule has 0 unspecified atom stereocenters. The molecule has 96 valence electrons. The summed E-state index contributed by atoms with van der Waals surface area (Å²) in [6.45, 7) is 6.21.